The van der Waals surface area contributed by atoms with Gasteiger partial charge >= 0.3 is 12.1 Å². The number of allylic oxidation sites excluding steroid dienone is 3. The van der Waals surface area contributed by atoms with Crippen LogP contribution in [0.4, 0.5) is 13.2 Å². The number of aromatic nitrogens is 2. The number of ether oxygens (including phenoxy) is 1. The van der Waals surface area contributed by atoms with Crippen molar-refractivity contribution in [3.8, 4) is 11.5 Å². The Bertz CT molecular complexity index is 1200. The first-order valence-electron chi connectivity index (χ1n) is 9.50. The molecular weight excluding hydrogens is 425 g/mol. The lowest BCUT2D eigenvalue weighted by molar-refractivity contribution is -0.146. The summed E-state index contributed by atoms with van der Waals surface area (Å²) >= 11 is 0. The number of hydrogen-bond donors (Lipinski definition) is 1. The second-order valence-corrected chi connectivity index (χ2v) is 7.12. The van der Waals surface area contributed by atoms with E-state index in [2.05, 4.69) is 9.97 Å². The molecule has 1 aliphatic carbocycles. The van der Waals surface area contributed by atoms with Crippen LogP contribution in [0.25, 0.3) is 17.0 Å². The van der Waals surface area contributed by atoms with Crippen molar-refractivity contribution < 1.29 is 32.2 Å². The molecular formula is C23H17F3N2O4. The fourth-order valence-corrected chi connectivity index (χ4v) is 3.64. The Morgan fingerprint density at radius 2 is 1.88 bits per heavy atom. The molecule has 3 aromatic rings. The van der Waals surface area contributed by atoms with Gasteiger partial charge in [0.2, 0.25) is 0 Å². The van der Waals surface area contributed by atoms with Gasteiger partial charge in [-0.1, -0.05) is 36.4 Å². The van der Waals surface area contributed by atoms with Crippen molar-refractivity contribution in [2.75, 3.05) is 7.11 Å². The number of methoxy groups -OCH3 is 1. The number of alkyl halides is 3. The molecule has 4 rings (SSSR count). The van der Waals surface area contributed by atoms with Gasteiger partial charge in [-0.15, -0.1) is 0 Å². The molecule has 32 heavy (non-hydrogen) atoms. The first-order valence-corrected chi connectivity index (χ1v) is 9.50. The first-order chi connectivity index (χ1) is 15.3. The van der Waals surface area contributed by atoms with Crippen molar-refractivity contribution in [1.82, 2.24) is 9.97 Å². The summed E-state index contributed by atoms with van der Waals surface area (Å²) in [6.07, 6.45) is -0.644. The van der Waals surface area contributed by atoms with Crippen LogP contribution in [0.15, 0.2) is 77.1 Å². The fourth-order valence-electron chi connectivity index (χ4n) is 3.64. The first kappa shape index (κ1) is 21.4. The van der Waals surface area contributed by atoms with Crippen LogP contribution in [0.1, 0.15) is 23.5 Å². The number of furan rings is 1. The molecule has 0 amide bonds. The molecule has 2 heterocycles. The number of hydrogen-bond acceptors (Lipinski definition) is 5. The topological polar surface area (TPSA) is 85.5 Å². The van der Waals surface area contributed by atoms with Crippen LogP contribution in [0.2, 0.25) is 0 Å². The third-order valence-corrected chi connectivity index (χ3v) is 5.21. The number of aliphatic carboxylic acids is 1. The van der Waals surface area contributed by atoms with Crippen molar-refractivity contribution in [3.05, 3.63) is 89.8 Å². The van der Waals surface area contributed by atoms with Gasteiger partial charge in [0, 0.05) is 6.42 Å². The average Bonchev–Trinajstić information content (AvgIpc) is 3.33. The summed E-state index contributed by atoms with van der Waals surface area (Å²) in [6, 6.07) is 12.6. The van der Waals surface area contributed by atoms with Gasteiger partial charge < -0.3 is 14.3 Å². The zero-order chi connectivity index (χ0) is 22.9. The number of carboxylic acids is 1. The lowest BCUT2D eigenvalue weighted by Gasteiger charge is -2.33. The van der Waals surface area contributed by atoms with Crippen LogP contribution in [-0.4, -0.2) is 28.2 Å². The molecule has 0 spiro atoms. The maximum Gasteiger partial charge on any atom is 0.433 e. The summed E-state index contributed by atoms with van der Waals surface area (Å²) in [5.41, 5.74) is -2.21. The van der Waals surface area contributed by atoms with Crippen molar-refractivity contribution in [2.24, 2.45) is 0 Å². The Morgan fingerprint density at radius 3 is 2.47 bits per heavy atom. The van der Waals surface area contributed by atoms with Gasteiger partial charge in [-0.25, -0.2) is 9.97 Å². The van der Waals surface area contributed by atoms with E-state index in [-0.39, 0.29) is 23.6 Å². The van der Waals surface area contributed by atoms with Gasteiger partial charge in [0.15, 0.2) is 17.0 Å². The van der Waals surface area contributed by atoms with Gasteiger partial charge in [0.25, 0.3) is 0 Å². The van der Waals surface area contributed by atoms with E-state index in [9.17, 15) is 23.1 Å². The SMILES string of the molecule is COC1=CC=C(c2ccccc2)CC1(C(=O)O)c1nc(-c2ccco2)cc(C(F)(F)F)n1. The van der Waals surface area contributed by atoms with Crippen LogP contribution in [0.5, 0.6) is 0 Å². The van der Waals surface area contributed by atoms with Crippen LogP contribution < -0.4 is 0 Å². The van der Waals surface area contributed by atoms with Gasteiger partial charge in [-0.3, -0.25) is 4.79 Å². The second kappa shape index (κ2) is 7.99. The van der Waals surface area contributed by atoms with Crippen molar-refractivity contribution in [3.63, 3.8) is 0 Å². The van der Waals surface area contributed by atoms with E-state index in [1.54, 1.807) is 36.4 Å². The molecule has 0 fully saturated rings. The fraction of sp³-hybridized carbons (Fsp3) is 0.174. The minimum Gasteiger partial charge on any atom is -0.499 e. The van der Waals surface area contributed by atoms with E-state index in [4.69, 9.17) is 9.15 Å². The monoisotopic (exact) mass is 442 g/mol. The zero-order valence-electron chi connectivity index (χ0n) is 16.8. The molecule has 0 radical (unpaired) electrons. The third-order valence-electron chi connectivity index (χ3n) is 5.21. The molecule has 1 aromatic carbocycles. The summed E-state index contributed by atoms with van der Waals surface area (Å²) in [5.74, 6) is -2.00. The quantitative estimate of drug-likeness (QED) is 0.592. The van der Waals surface area contributed by atoms with E-state index in [0.717, 1.165) is 11.6 Å². The van der Waals surface area contributed by atoms with Crippen molar-refractivity contribution in [2.45, 2.75) is 18.0 Å². The van der Waals surface area contributed by atoms with E-state index < -0.39 is 29.1 Å². The molecule has 1 unspecified atom stereocenters. The number of rotatable bonds is 5. The molecule has 1 atom stereocenters. The number of carbonyl (C=O) groups is 1. The summed E-state index contributed by atoms with van der Waals surface area (Å²) in [5, 5.41) is 10.3. The Hall–Kier alpha value is -3.88. The predicted octanol–water partition coefficient (Wildman–Crippen LogP) is 5.10. The average molecular weight is 442 g/mol. The van der Waals surface area contributed by atoms with E-state index in [0.29, 0.717) is 5.57 Å². The van der Waals surface area contributed by atoms with E-state index in [1.165, 1.54) is 31.6 Å². The maximum absolute atomic E-state index is 13.7. The number of nitrogens with zero attached hydrogens (tertiary/aromatic N) is 2. The highest BCUT2D eigenvalue weighted by molar-refractivity contribution is 5.89. The van der Waals surface area contributed by atoms with Gasteiger partial charge in [-0.05, 0) is 35.4 Å². The van der Waals surface area contributed by atoms with Crippen LogP contribution in [-0.2, 0) is 21.1 Å². The highest BCUT2D eigenvalue weighted by Crippen LogP contribution is 2.44. The Balaban J connectivity index is 1.95. The minimum atomic E-state index is -4.83. The molecule has 0 aliphatic heterocycles. The lowest BCUT2D eigenvalue weighted by Crippen LogP contribution is -2.42. The molecule has 0 saturated heterocycles. The Morgan fingerprint density at radius 1 is 1.12 bits per heavy atom. The highest BCUT2D eigenvalue weighted by Gasteiger charge is 2.51. The van der Waals surface area contributed by atoms with Crippen LogP contribution >= 0.6 is 0 Å². The summed E-state index contributed by atoms with van der Waals surface area (Å²) in [6.45, 7) is 0. The van der Waals surface area contributed by atoms with E-state index >= 15 is 0 Å². The summed E-state index contributed by atoms with van der Waals surface area (Å²) in [7, 11) is 1.26. The summed E-state index contributed by atoms with van der Waals surface area (Å²) < 4.78 is 51.6. The predicted molar refractivity (Wildman–Crippen MR) is 108 cm³/mol. The summed E-state index contributed by atoms with van der Waals surface area (Å²) in [4.78, 5) is 20.5. The number of benzene rings is 1. The molecule has 0 saturated carbocycles. The largest absolute Gasteiger partial charge is 0.499 e. The maximum atomic E-state index is 13.7. The van der Waals surface area contributed by atoms with Crippen molar-refractivity contribution >= 4 is 11.5 Å². The van der Waals surface area contributed by atoms with Crippen LogP contribution in [0.3, 0.4) is 0 Å². The molecule has 9 heteroatoms. The molecule has 164 valence electrons. The molecule has 1 aliphatic rings. The van der Waals surface area contributed by atoms with Gasteiger partial charge in [0.05, 0.1) is 13.4 Å². The van der Waals surface area contributed by atoms with Gasteiger partial charge in [0.1, 0.15) is 17.1 Å². The second-order valence-electron chi connectivity index (χ2n) is 7.12. The normalized spacial score (nSPS) is 18.6. The molecule has 6 nitrogen and oxygen atoms in total. The lowest BCUT2D eigenvalue weighted by atomic mass is 9.74. The number of carboxylic acid groups (broad SMARTS) is 1. The number of halogens is 3. The zero-order valence-corrected chi connectivity index (χ0v) is 16.8. The van der Waals surface area contributed by atoms with Crippen LogP contribution in [0, 0.1) is 0 Å². The van der Waals surface area contributed by atoms with E-state index in [1.807, 2.05) is 0 Å². The molecule has 2 aromatic heterocycles. The third kappa shape index (κ3) is 3.66. The Labute approximate surface area is 180 Å². The molecule has 0 bridgehead atoms. The smallest absolute Gasteiger partial charge is 0.433 e. The van der Waals surface area contributed by atoms with Crippen molar-refractivity contribution in [1.29, 1.82) is 0 Å². The van der Waals surface area contributed by atoms with Gasteiger partial charge in [-0.2, -0.15) is 13.2 Å². The standard InChI is InChI=1S/C23H17F3N2O4/c1-31-19-10-9-15(14-6-3-2-4-7-14)13-22(19,21(29)30)20-27-16(17-8-5-11-32-17)12-18(28-20)23(24,25)26/h2-12H,13H2,1H3,(H,29,30). The minimum absolute atomic E-state index is 0.0530. The molecule has 1 N–H and O–H groups in total. The highest BCUT2D eigenvalue weighted by atomic mass is 19.4. The Kier molecular flexibility index (Phi) is 5.33.